The second kappa shape index (κ2) is 7.26. The highest BCUT2D eigenvalue weighted by Gasteiger charge is 2.19. The number of benzene rings is 1. The number of rotatable bonds is 5. The monoisotopic (exact) mass is 386 g/mol. The van der Waals surface area contributed by atoms with E-state index in [1.807, 2.05) is 13.0 Å². The lowest BCUT2D eigenvalue weighted by Crippen LogP contribution is -2.21. The minimum absolute atomic E-state index is 0.362. The molecule has 0 saturated heterocycles. The Hall–Kier alpha value is -2.36. The number of nitrogens with one attached hydrogen (secondary N) is 1. The van der Waals surface area contributed by atoms with E-state index >= 15 is 0 Å². The maximum Gasteiger partial charge on any atom is 0.374 e. The van der Waals surface area contributed by atoms with Crippen molar-refractivity contribution in [3.63, 3.8) is 0 Å². The number of amides is 1. The predicted octanol–water partition coefficient (Wildman–Crippen LogP) is 1.99. The van der Waals surface area contributed by atoms with Gasteiger partial charge in [0, 0.05) is 0 Å². The maximum absolute atomic E-state index is 11.9. The fraction of sp³-hybridized carbons (Fsp3) is 0.200. The van der Waals surface area contributed by atoms with Crippen LogP contribution in [-0.4, -0.2) is 26.9 Å². The molecule has 25 heavy (non-hydrogen) atoms. The third kappa shape index (κ3) is 4.81. The Bertz CT molecular complexity index is 912. The molecule has 0 atom stereocenters. The second-order valence-electron chi connectivity index (χ2n) is 5.23. The van der Waals surface area contributed by atoms with Gasteiger partial charge in [-0.15, -0.1) is 0 Å². The number of aryl methyl sites for hydroxylation is 2. The quantitative estimate of drug-likeness (QED) is 0.756. The first kappa shape index (κ1) is 19.0. The molecule has 1 aromatic heterocycles. The van der Waals surface area contributed by atoms with Crippen molar-refractivity contribution in [3.8, 4) is 0 Å². The van der Waals surface area contributed by atoms with E-state index in [1.165, 1.54) is 0 Å². The van der Waals surface area contributed by atoms with E-state index in [-0.39, 0.29) is 5.76 Å². The molecule has 0 fully saturated rings. The summed E-state index contributed by atoms with van der Waals surface area (Å²) in [5.74, 6) is -2.00. The number of ether oxygens (including phenoxy) is 1. The lowest BCUT2D eigenvalue weighted by atomic mass is 10.1. The standard InChI is InChI=1S/C15H15ClN2O6S/c1-8-5-9(2)14(10(16)6-8)18-12(19)7-23-15(20)11-3-4-13(24-11)25(17,21)22/h3-6H,7H2,1-2H3,(H,18,19)(H2,17,21,22). The highest BCUT2D eigenvalue weighted by atomic mass is 35.5. The average molecular weight is 387 g/mol. The number of carbonyl (C=O) groups is 2. The summed E-state index contributed by atoms with van der Waals surface area (Å²) in [6, 6.07) is 5.63. The Morgan fingerprint density at radius 1 is 1.28 bits per heavy atom. The summed E-state index contributed by atoms with van der Waals surface area (Å²) in [6.07, 6.45) is 0. The van der Waals surface area contributed by atoms with Crippen molar-refractivity contribution in [2.24, 2.45) is 5.14 Å². The van der Waals surface area contributed by atoms with E-state index in [2.05, 4.69) is 5.32 Å². The maximum atomic E-state index is 11.9. The van der Waals surface area contributed by atoms with Gasteiger partial charge in [-0.05, 0) is 43.2 Å². The molecule has 0 radical (unpaired) electrons. The summed E-state index contributed by atoms with van der Waals surface area (Å²) in [6.45, 7) is 3.04. The lowest BCUT2D eigenvalue weighted by molar-refractivity contribution is -0.119. The molecule has 1 aromatic carbocycles. The van der Waals surface area contributed by atoms with E-state index in [0.717, 1.165) is 23.3 Å². The summed E-state index contributed by atoms with van der Waals surface area (Å²) >= 11 is 6.08. The number of primary sulfonamides is 1. The third-order valence-corrected chi connectivity index (χ3v) is 4.17. The van der Waals surface area contributed by atoms with Crippen LogP contribution < -0.4 is 10.5 Å². The zero-order chi connectivity index (χ0) is 18.8. The van der Waals surface area contributed by atoms with Crippen LogP contribution >= 0.6 is 11.6 Å². The summed E-state index contributed by atoms with van der Waals surface area (Å²) in [5, 5.41) is 7.20. The molecular weight excluding hydrogens is 372 g/mol. The van der Waals surface area contributed by atoms with Crippen molar-refractivity contribution in [1.29, 1.82) is 0 Å². The highest BCUT2D eigenvalue weighted by molar-refractivity contribution is 7.89. The van der Waals surface area contributed by atoms with Crippen molar-refractivity contribution in [3.05, 3.63) is 46.2 Å². The number of carbonyl (C=O) groups excluding carboxylic acids is 2. The van der Waals surface area contributed by atoms with E-state index in [0.29, 0.717) is 10.7 Å². The molecule has 8 nitrogen and oxygen atoms in total. The molecule has 0 aliphatic heterocycles. The van der Waals surface area contributed by atoms with Crippen LogP contribution in [0.4, 0.5) is 5.69 Å². The molecule has 0 unspecified atom stereocenters. The number of hydrogen-bond acceptors (Lipinski definition) is 6. The van der Waals surface area contributed by atoms with E-state index < -0.39 is 33.6 Å². The molecule has 0 saturated carbocycles. The van der Waals surface area contributed by atoms with Crippen molar-refractivity contribution in [2.75, 3.05) is 11.9 Å². The topological polar surface area (TPSA) is 129 Å². The van der Waals surface area contributed by atoms with Crippen molar-refractivity contribution < 1.29 is 27.2 Å². The number of esters is 1. The molecule has 10 heteroatoms. The van der Waals surface area contributed by atoms with Gasteiger partial charge in [0.1, 0.15) is 0 Å². The number of halogens is 1. The van der Waals surface area contributed by atoms with Gasteiger partial charge >= 0.3 is 5.97 Å². The number of nitrogens with two attached hydrogens (primary N) is 1. The number of sulfonamides is 1. The van der Waals surface area contributed by atoms with Gasteiger partial charge in [0.15, 0.2) is 6.61 Å². The molecule has 1 heterocycles. The number of anilines is 1. The zero-order valence-corrected chi connectivity index (χ0v) is 14.9. The molecule has 1 amide bonds. The Labute approximate surface area is 148 Å². The van der Waals surface area contributed by atoms with Gasteiger partial charge < -0.3 is 14.5 Å². The van der Waals surface area contributed by atoms with Crippen LogP contribution in [0.3, 0.4) is 0 Å². The summed E-state index contributed by atoms with van der Waals surface area (Å²) < 4.78 is 31.7. The van der Waals surface area contributed by atoms with E-state index in [9.17, 15) is 18.0 Å². The Kier molecular flexibility index (Phi) is 5.51. The Balaban J connectivity index is 1.98. The van der Waals surface area contributed by atoms with Crippen molar-refractivity contribution >= 4 is 39.2 Å². The first-order valence-electron chi connectivity index (χ1n) is 6.94. The van der Waals surface area contributed by atoms with E-state index in [1.54, 1.807) is 13.0 Å². The van der Waals surface area contributed by atoms with Gasteiger partial charge in [0.2, 0.25) is 10.9 Å². The summed E-state index contributed by atoms with van der Waals surface area (Å²) in [4.78, 5) is 23.7. The predicted molar refractivity (Wildman–Crippen MR) is 89.9 cm³/mol. The van der Waals surface area contributed by atoms with Crippen LogP contribution in [-0.2, 0) is 19.6 Å². The van der Waals surface area contributed by atoms with Gasteiger partial charge in [0.25, 0.3) is 15.9 Å². The number of hydrogen-bond donors (Lipinski definition) is 2. The molecule has 0 spiro atoms. The Morgan fingerprint density at radius 3 is 2.52 bits per heavy atom. The fourth-order valence-electron chi connectivity index (χ4n) is 2.03. The minimum atomic E-state index is -4.07. The molecule has 134 valence electrons. The normalized spacial score (nSPS) is 11.2. The first-order chi connectivity index (χ1) is 11.6. The fourth-order valence-corrected chi connectivity index (χ4v) is 2.87. The van der Waals surface area contributed by atoms with Crippen LogP contribution in [0.2, 0.25) is 5.02 Å². The smallest absolute Gasteiger partial charge is 0.374 e. The van der Waals surface area contributed by atoms with Crippen LogP contribution in [0.25, 0.3) is 0 Å². The molecule has 0 aliphatic carbocycles. The average Bonchev–Trinajstić information content (AvgIpc) is 2.98. The largest absolute Gasteiger partial charge is 0.450 e. The molecular formula is C15H15ClN2O6S. The third-order valence-electron chi connectivity index (χ3n) is 3.09. The summed E-state index contributed by atoms with van der Waals surface area (Å²) in [5.41, 5.74) is 2.12. The zero-order valence-electron chi connectivity index (χ0n) is 13.3. The summed E-state index contributed by atoms with van der Waals surface area (Å²) in [7, 11) is -4.07. The van der Waals surface area contributed by atoms with Crippen LogP contribution in [0.5, 0.6) is 0 Å². The van der Waals surface area contributed by atoms with Gasteiger partial charge in [-0.25, -0.2) is 18.4 Å². The lowest BCUT2D eigenvalue weighted by Gasteiger charge is -2.11. The molecule has 3 N–H and O–H groups in total. The van der Waals surface area contributed by atoms with Crippen molar-refractivity contribution in [2.45, 2.75) is 18.9 Å². The SMILES string of the molecule is Cc1cc(C)c(NC(=O)COC(=O)c2ccc(S(N)(=O)=O)o2)c(Cl)c1. The molecule has 0 aliphatic rings. The van der Waals surface area contributed by atoms with Crippen LogP contribution in [0.1, 0.15) is 21.7 Å². The van der Waals surface area contributed by atoms with E-state index in [4.69, 9.17) is 25.9 Å². The second-order valence-corrected chi connectivity index (χ2v) is 7.13. The minimum Gasteiger partial charge on any atom is -0.450 e. The molecule has 0 bridgehead atoms. The van der Waals surface area contributed by atoms with Gasteiger partial charge in [-0.3, -0.25) is 4.79 Å². The van der Waals surface area contributed by atoms with Crippen LogP contribution in [0.15, 0.2) is 33.8 Å². The number of furan rings is 1. The van der Waals surface area contributed by atoms with Gasteiger partial charge in [0.05, 0.1) is 10.7 Å². The van der Waals surface area contributed by atoms with Crippen molar-refractivity contribution in [1.82, 2.24) is 0 Å². The van der Waals surface area contributed by atoms with Crippen LogP contribution in [0, 0.1) is 13.8 Å². The van der Waals surface area contributed by atoms with Gasteiger partial charge in [-0.2, -0.15) is 0 Å². The Morgan fingerprint density at radius 2 is 1.96 bits per heavy atom. The first-order valence-corrected chi connectivity index (χ1v) is 8.86. The highest BCUT2D eigenvalue weighted by Crippen LogP contribution is 2.27. The van der Waals surface area contributed by atoms with Gasteiger partial charge in [-0.1, -0.05) is 17.7 Å². The molecule has 2 aromatic rings. The molecule has 2 rings (SSSR count).